The minimum atomic E-state index is -0.255. The highest BCUT2D eigenvalue weighted by atomic mass is 16.5. The highest BCUT2D eigenvalue weighted by Crippen LogP contribution is 2.11. The zero-order valence-electron chi connectivity index (χ0n) is 12.6. The van der Waals surface area contributed by atoms with Gasteiger partial charge in [0, 0.05) is 5.56 Å². The summed E-state index contributed by atoms with van der Waals surface area (Å²) in [6, 6.07) is 16.8. The van der Waals surface area contributed by atoms with E-state index in [1.165, 1.54) is 0 Å². The van der Waals surface area contributed by atoms with Gasteiger partial charge in [-0.1, -0.05) is 36.4 Å². The maximum Gasteiger partial charge on any atom is 0.271 e. The van der Waals surface area contributed by atoms with E-state index in [1.54, 1.807) is 31.4 Å². The van der Waals surface area contributed by atoms with Crippen LogP contribution in [0.1, 0.15) is 22.8 Å². The first-order chi connectivity index (χ1) is 10.7. The lowest BCUT2D eigenvalue weighted by atomic mass is 10.2. The van der Waals surface area contributed by atoms with E-state index in [0.717, 1.165) is 5.56 Å². The quantitative estimate of drug-likeness (QED) is 0.677. The monoisotopic (exact) mass is 294 g/mol. The number of allylic oxidation sites excluding steroid dienone is 1. The number of rotatable bonds is 5. The molecule has 0 aliphatic rings. The van der Waals surface area contributed by atoms with Gasteiger partial charge in [-0.2, -0.15) is 5.10 Å². The minimum absolute atomic E-state index is 0.255. The zero-order valence-corrected chi connectivity index (χ0v) is 12.6. The summed E-state index contributed by atoms with van der Waals surface area (Å²) in [5, 5.41) is 4.06. The number of methoxy groups -OCH3 is 1. The van der Waals surface area contributed by atoms with Gasteiger partial charge >= 0.3 is 0 Å². The molecule has 0 spiro atoms. The molecule has 4 nitrogen and oxygen atoms in total. The number of nitrogens with one attached hydrogen (secondary N) is 1. The molecule has 0 saturated heterocycles. The second kappa shape index (κ2) is 7.78. The summed E-state index contributed by atoms with van der Waals surface area (Å²) in [5.41, 5.74) is 4.86. The molecule has 0 aliphatic heterocycles. The maximum absolute atomic E-state index is 11.9. The number of benzene rings is 2. The van der Waals surface area contributed by atoms with E-state index in [2.05, 4.69) is 10.5 Å². The van der Waals surface area contributed by atoms with Crippen LogP contribution in [0, 0.1) is 0 Å². The molecule has 0 bridgehead atoms. The van der Waals surface area contributed by atoms with Crippen molar-refractivity contribution in [1.82, 2.24) is 5.43 Å². The summed E-state index contributed by atoms with van der Waals surface area (Å²) in [4.78, 5) is 11.9. The van der Waals surface area contributed by atoms with Gasteiger partial charge in [-0.05, 0) is 42.8 Å². The van der Waals surface area contributed by atoms with Crippen LogP contribution in [-0.4, -0.2) is 18.7 Å². The van der Waals surface area contributed by atoms with Crippen molar-refractivity contribution in [1.29, 1.82) is 0 Å². The van der Waals surface area contributed by atoms with Gasteiger partial charge in [0.1, 0.15) is 5.75 Å². The molecule has 0 heterocycles. The van der Waals surface area contributed by atoms with Crippen LogP contribution in [0.15, 0.2) is 65.8 Å². The predicted molar refractivity (Wildman–Crippen MR) is 89.0 cm³/mol. The van der Waals surface area contributed by atoms with Crippen LogP contribution in [0.2, 0.25) is 0 Å². The van der Waals surface area contributed by atoms with Gasteiger partial charge in [0.15, 0.2) is 0 Å². The lowest BCUT2D eigenvalue weighted by molar-refractivity contribution is 0.0955. The standard InChI is InChI=1S/C18H18N2O2/c1-14(8-9-15-6-4-3-5-7-15)19-20-18(21)16-10-12-17(22-2)13-11-16/h3-13H,1-2H3,(H,20,21)/b9-8+,19-14?. The summed E-state index contributed by atoms with van der Waals surface area (Å²) in [5.74, 6) is 0.456. The van der Waals surface area contributed by atoms with E-state index < -0.39 is 0 Å². The van der Waals surface area contributed by atoms with Gasteiger partial charge in [-0.25, -0.2) is 5.43 Å². The van der Waals surface area contributed by atoms with Crippen LogP contribution in [0.3, 0.4) is 0 Å². The molecule has 1 N–H and O–H groups in total. The maximum atomic E-state index is 11.9. The second-order valence-electron chi connectivity index (χ2n) is 4.67. The smallest absolute Gasteiger partial charge is 0.271 e. The molecule has 0 aromatic heterocycles. The molecule has 0 saturated carbocycles. The minimum Gasteiger partial charge on any atom is -0.497 e. The van der Waals surface area contributed by atoms with E-state index >= 15 is 0 Å². The molecule has 112 valence electrons. The Labute approximate surface area is 130 Å². The molecule has 22 heavy (non-hydrogen) atoms. The molecule has 0 atom stereocenters. The zero-order chi connectivity index (χ0) is 15.8. The van der Waals surface area contributed by atoms with Crippen molar-refractivity contribution < 1.29 is 9.53 Å². The number of hydrogen-bond acceptors (Lipinski definition) is 3. The summed E-state index contributed by atoms with van der Waals surface area (Å²) >= 11 is 0. The van der Waals surface area contributed by atoms with Crippen molar-refractivity contribution in [3.05, 3.63) is 71.8 Å². The van der Waals surface area contributed by atoms with Gasteiger partial charge in [-0.15, -0.1) is 0 Å². The van der Waals surface area contributed by atoms with Crippen molar-refractivity contribution in [2.24, 2.45) is 5.10 Å². The highest BCUT2D eigenvalue weighted by Gasteiger charge is 2.03. The van der Waals surface area contributed by atoms with E-state index in [4.69, 9.17) is 4.74 Å². The number of nitrogens with zero attached hydrogens (tertiary/aromatic N) is 1. The third-order valence-corrected chi connectivity index (χ3v) is 3.00. The van der Waals surface area contributed by atoms with Crippen molar-refractivity contribution in [2.75, 3.05) is 7.11 Å². The Bertz CT molecular complexity index is 674. The molecular formula is C18H18N2O2. The summed E-state index contributed by atoms with van der Waals surface area (Å²) in [7, 11) is 1.59. The van der Waals surface area contributed by atoms with Crippen LogP contribution in [0.5, 0.6) is 5.75 Å². The van der Waals surface area contributed by atoms with Crippen molar-refractivity contribution >= 4 is 17.7 Å². The van der Waals surface area contributed by atoms with Crippen molar-refractivity contribution in [3.63, 3.8) is 0 Å². The van der Waals surface area contributed by atoms with Gasteiger partial charge in [0.05, 0.1) is 12.8 Å². The van der Waals surface area contributed by atoms with Crippen LogP contribution >= 0.6 is 0 Å². The van der Waals surface area contributed by atoms with Crippen LogP contribution in [-0.2, 0) is 0 Å². The first-order valence-corrected chi connectivity index (χ1v) is 6.91. The first kappa shape index (κ1) is 15.5. The topological polar surface area (TPSA) is 50.7 Å². The molecule has 4 heteroatoms. The van der Waals surface area contributed by atoms with Crippen molar-refractivity contribution in [2.45, 2.75) is 6.92 Å². The SMILES string of the molecule is COc1ccc(C(=O)NN=C(C)/C=C/c2ccccc2)cc1. The fourth-order valence-corrected chi connectivity index (χ4v) is 1.76. The number of amides is 1. The van der Waals surface area contributed by atoms with E-state index in [9.17, 15) is 4.79 Å². The predicted octanol–water partition coefficient (Wildman–Crippen LogP) is 3.51. The third kappa shape index (κ3) is 4.59. The van der Waals surface area contributed by atoms with E-state index in [1.807, 2.05) is 49.4 Å². The van der Waals surface area contributed by atoms with Crippen LogP contribution in [0.4, 0.5) is 0 Å². The van der Waals surface area contributed by atoms with Gasteiger partial charge in [0.2, 0.25) is 0 Å². The average Bonchev–Trinajstić information content (AvgIpc) is 2.58. The van der Waals surface area contributed by atoms with Gasteiger partial charge in [0.25, 0.3) is 5.91 Å². The number of hydrogen-bond donors (Lipinski definition) is 1. The molecule has 2 aromatic rings. The van der Waals surface area contributed by atoms with Crippen molar-refractivity contribution in [3.8, 4) is 5.75 Å². The molecule has 2 rings (SSSR count). The number of carbonyl (C=O) groups is 1. The first-order valence-electron chi connectivity index (χ1n) is 6.91. The third-order valence-electron chi connectivity index (χ3n) is 3.00. The summed E-state index contributed by atoms with van der Waals surface area (Å²) < 4.78 is 5.05. The summed E-state index contributed by atoms with van der Waals surface area (Å²) in [6.07, 6.45) is 3.79. The number of hydrazone groups is 1. The molecule has 0 fully saturated rings. The second-order valence-corrected chi connectivity index (χ2v) is 4.67. The fraction of sp³-hybridized carbons (Fsp3) is 0.111. The Morgan fingerprint density at radius 3 is 2.41 bits per heavy atom. The van der Waals surface area contributed by atoms with Crippen LogP contribution < -0.4 is 10.2 Å². The average molecular weight is 294 g/mol. The highest BCUT2D eigenvalue weighted by molar-refractivity contribution is 5.99. The molecule has 1 amide bonds. The normalized spacial score (nSPS) is 11.5. The van der Waals surface area contributed by atoms with E-state index in [-0.39, 0.29) is 5.91 Å². The lowest BCUT2D eigenvalue weighted by Gasteiger charge is -2.02. The largest absolute Gasteiger partial charge is 0.497 e. The lowest BCUT2D eigenvalue weighted by Crippen LogP contribution is -2.18. The summed E-state index contributed by atoms with van der Waals surface area (Å²) in [6.45, 7) is 1.83. The van der Waals surface area contributed by atoms with Gasteiger partial charge in [-0.3, -0.25) is 4.79 Å². The Morgan fingerprint density at radius 1 is 1.09 bits per heavy atom. The fourth-order valence-electron chi connectivity index (χ4n) is 1.76. The van der Waals surface area contributed by atoms with E-state index in [0.29, 0.717) is 17.0 Å². The Morgan fingerprint density at radius 2 is 1.77 bits per heavy atom. The Kier molecular flexibility index (Phi) is 5.49. The van der Waals surface area contributed by atoms with Crippen LogP contribution in [0.25, 0.3) is 6.08 Å². The molecule has 0 radical (unpaired) electrons. The van der Waals surface area contributed by atoms with Gasteiger partial charge < -0.3 is 4.74 Å². The number of ether oxygens (including phenoxy) is 1. The Hall–Kier alpha value is -2.88. The molecule has 0 aliphatic carbocycles. The number of carbonyl (C=O) groups excluding carboxylic acids is 1. The molecule has 2 aromatic carbocycles. The molecule has 0 unspecified atom stereocenters. The Balaban J connectivity index is 1.94. The molecular weight excluding hydrogens is 276 g/mol.